The molecule has 2 fully saturated rings. The van der Waals surface area contributed by atoms with Gasteiger partial charge in [0.25, 0.3) is 0 Å². The van der Waals surface area contributed by atoms with E-state index in [1.165, 1.54) is 17.0 Å². The Hall–Kier alpha value is -3.51. The Morgan fingerprint density at radius 2 is 1.95 bits per heavy atom. The minimum Gasteiger partial charge on any atom is -0.381 e. The third kappa shape index (κ3) is 4.24. The number of likely N-dealkylation sites (tertiary alicyclic amines) is 1. The van der Waals surface area contributed by atoms with E-state index in [0.29, 0.717) is 37.1 Å². The summed E-state index contributed by atoms with van der Waals surface area (Å²) in [4.78, 5) is 15.4. The van der Waals surface area contributed by atoms with Crippen LogP contribution in [0.25, 0.3) is 11.2 Å². The van der Waals surface area contributed by atoms with Crippen molar-refractivity contribution in [2.75, 3.05) is 20.2 Å². The summed E-state index contributed by atoms with van der Waals surface area (Å²) in [6.07, 6.45) is 0.280. The molecule has 2 atom stereocenters. The first-order valence-electron chi connectivity index (χ1n) is 13.2. The Labute approximate surface area is 227 Å². The summed E-state index contributed by atoms with van der Waals surface area (Å²) in [5.41, 5.74) is -0.648. The summed E-state index contributed by atoms with van der Waals surface area (Å²) in [6, 6.07) is 7.83. The molecule has 1 aliphatic carbocycles. The molecule has 0 N–H and O–H groups in total. The smallest absolute Gasteiger partial charge is 0.381 e. The number of pyridine rings is 1. The van der Waals surface area contributed by atoms with Crippen LogP contribution < -0.4 is 5.69 Å². The van der Waals surface area contributed by atoms with Gasteiger partial charge >= 0.3 is 11.9 Å². The minimum atomic E-state index is -4.69. The second-order valence-electron chi connectivity index (χ2n) is 10.9. The van der Waals surface area contributed by atoms with E-state index >= 15 is 0 Å². The number of ether oxygens (including phenoxy) is 1. The third-order valence-electron chi connectivity index (χ3n) is 8.59. The fraction of sp³-hybridized carbons (Fsp3) is 0.464. The first-order chi connectivity index (χ1) is 19.0. The van der Waals surface area contributed by atoms with E-state index in [9.17, 15) is 22.4 Å². The van der Waals surface area contributed by atoms with Gasteiger partial charge in [-0.3, -0.25) is 13.9 Å². The maximum atomic E-state index is 14.3. The number of halogens is 4. The average molecular weight is 559 g/mol. The van der Waals surface area contributed by atoms with E-state index < -0.39 is 35.1 Å². The second kappa shape index (κ2) is 9.55. The largest absolute Gasteiger partial charge is 0.418 e. The zero-order valence-corrected chi connectivity index (χ0v) is 22.4. The van der Waals surface area contributed by atoms with Crippen molar-refractivity contribution in [3.8, 4) is 5.69 Å². The monoisotopic (exact) mass is 558 g/mol. The van der Waals surface area contributed by atoms with Gasteiger partial charge < -0.3 is 9.30 Å². The van der Waals surface area contributed by atoms with E-state index in [2.05, 4.69) is 10.2 Å². The molecule has 1 aliphatic heterocycles. The Bertz CT molecular complexity index is 1620. The number of hydrogen-bond acceptors (Lipinski definition) is 5. The van der Waals surface area contributed by atoms with Crippen molar-refractivity contribution in [3.05, 3.63) is 82.1 Å². The van der Waals surface area contributed by atoms with Crippen molar-refractivity contribution in [1.82, 2.24) is 28.6 Å². The van der Waals surface area contributed by atoms with Crippen molar-refractivity contribution in [2.24, 2.45) is 7.05 Å². The molecule has 1 saturated carbocycles. The van der Waals surface area contributed by atoms with Crippen molar-refractivity contribution in [3.63, 3.8) is 0 Å². The summed E-state index contributed by atoms with van der Waals surface area (Å²) in [5, 5.41) is 8.38. The normalized spacial score (nSPS) is 24.5. The number of methoxy groups -OCH3 is 1. The molecule has 0 spiro atoms. The molecule has 0 bridgehead atoms. The van der Waals surface area contributed by atoms with Crippen molar-refractivity contribution in [1.29, 1.82) is 0 Å². The minimum absolute atomic E-state index is 0.0261. The van der Waals surface area contributed by atoms with E-state index in [1.54, 1.807) is 37.4 Å². The van der Waals surface area contributed by atoms with Crippen LogP contribution in [0.1, 0.15) is 54.7 Å². The number of rotatable bonds is 6. The number of fused-ring (bicyclic) bond motifs is 1. The molecule has 4 heterocycles. The molecule has 1 unspecified atom stereocenters. The van der Waals surface area contributed by atoms with Crippen LogP contribution in [0.15, 0.2) is 53.8 Å². The second-order valence-corrected chi connectivity index (χ2v) is 10.9. The molecule has 2 aliphatic rings. The van der Waals surface area contributed by atoms with Crippen LogP contribution in [0, 0.1) is 0 Å². The number of alkyl halides is 4. The fourth-order valence-electron chi connectivity index (χ4n) is 6.26. The Morgan fingerprint density at radius 3 is 2.58 bits per heavy atom. The van der Waals surface area contributed by atoms with Crippen LogP contribution >= 0.6 is 0 Å². The lowest BCUT2D eigenvalue weighted by molar-refractivity contribution is -0.136. The Morgan fingerprint density at radius 1 is 1.18 bits per heavy atom. The molecule has 6 rings (SSSR count). The van der Waals surface area contributed by atoms with Gasteiger partial charge in [-0.25, -0.2) is 9.18 Å². The molecule has 40 heavy (non-hydrogen) atoms. The van der Waals surface area contributed by atoms with Crippen LogP contribution in [0.4, 0.5) is 17.6 Å². The Kier molecular flexibility index (Phi) is 6.37. The molecule has 1 aromatic carbocycles. The van der Waals surface area contributed by atoms with Gasteiger partial charge in [0.05, 0.1) is 28.3 Å². The van der Waals surface area contributed by atoms with Gasteiger partial charge in [-0.1, -0.05) is 12.1 Å². The van der Waals surface area contributed by atoms with Gasteiger partial charge in [-0.05, 0) is 55.5 Å². The summed E-state index contributed by atoms with van der Waals surface area (Å²) < 4.78 is 66.3. The van der Waals surface area contributed by atoms with Crippen molar-refractivity contribution >= 4 is 5.52 Å². The molecule has 212 valence electrons. The quantitative estimate of drug-likeness (QED) is 0.328. The molecule has 1 saturated heterocycles. The first-order valence-corrected chi connectivity index (χ1v) is 13.2. The number of aryl methyl sites for hydroxylation is 1. The highest BCUT2D eigenvalue weighted by molar-refractivity contribution is 5.58. The Balaban J connectivity index is 1.46. The summed E-state index contributed by atoms with van der Waals surface area (Å²) in [5.74, 6) is 0.753. The van der Waals surface area contributed by atoms with Gasteiger partial charge in [0, 0.05) is 45.7 Å². The number of hydrogen-bond donors (Lipinski definition) is 0. The summed E-state index contributed by atoms with van der Waals surface area (Å²) in [7, 11) is 3.51. The highest BCUT2D eigenvalue weighted by Gasteiger charge is 2.50. The van der Waals surface area contributed by atoms with Crippen LogP contribution in [0.3, 0.4) is 0 Å². The molecule has 4 aromatic rings. The third-order valence-corrected chi connectivity index (χ3v) is 8.59. The van der Waals surface area contributed by atoms with Crippen molar-refractivity contribution < 1.29 is 22.3 Å². The van der Waals surface area contributed by atoms with Gasteiger partial charge in [0.2, 0.25) is 0 Å². The van der Waals surface area contributed by atoms with Gasteiger partial charge in [0.1, 0.15) is 18.3 Å². The highest BCUT2D eigenvalue weighted by Crippen LogP contribution is 2.49. The molecule has 0 amide bonds. The SMILES string of the molecule is COC1CC(c2cccc(-n3cc4c(C(F)(F)F)cc(C(C)N5CC[C@H](F)C5)cn4c3=O)c2)(c2nncn2C)C1. The molecule has 12 heteroatoms. The topological polar surface area (TPSA) is 69.6 Å². The lowest BCUT2D eigenvalue weighted by Gasteiger charge is -2.46. The average Bonchev–Trinajstić information content (AvgIpc) is 3.61. The number of aromatic nitrogens is 5. The highest BCUT2D eigenvalue weighted by atomic mass is 19.4. The van der Waals surface area contributed by atoms with Crippen LogP contribution in [-0.4, -0.2) is 61.1 Å². The molecule has 3 aromatic heterocycles. The van der Waals surface area contributed by atoms with E-state index in [1.807, 2.05) is 23.7 Å². The number of nitrogens with zero attached hydrogens (tertiary/aromatic N) is 6. The van der Waals surface area contributed by atoms with E-state index in [4.69, 9.17) is 4.74 Å². The molecular weight excluding hydrogens is 528 g/mol. The fourth-order valence-corrected chi connectivity index (χ4v) is 6.26. The maximum Gasteiger partial charge on any atom is 0.418 e. The summed E-state index contributed by atoms with van der Waals surface area (Å²) in [6.45, 7) is 2.34. The van der Waals surface area contributed by atoms with Gasteiger partial charge in [0.15, 0.2) is 0 Å². The van der Waals surface area contributed by atoms with E-state index in [0.717, 1.165) is 21.9 Å². The maximum absolute atomic E-state index is 14.3. The molecule has 0 radical (unpaired) electrons. The first kappa shape index (κ1) is 26.7. The number of imidazole rings is 1. The van der Waals surface area contributed by atoms with Gasteiger partial charge in [-0.2, -0.15) is 13.2 Å². The van der Waals surface area contributed by atoms with Crippen LogP contribution in [0.2, 0.25) is 0 Å². The number of benzene rings is 1. The lowest BCUT2D eigenvalue weighted by Crippen LogP contribution is -2.48. The lowest BCUT2D eigenvalue weighted by atomic mass is 9.62. The molecule has 8 nitrogen and oxygen atoms in total. The zero-order chi connectivity index (χ0) is 28.4. The van der Waals surface area contributed by atoms with E-state index in [-0.39, 0.29) is 18.2 Å². The van der Waals surface area contributed by atoms with Gasteiger partial charge in [-0.15, -0.1) is 10.2 Å². The predicted octanol–water partition coefficient (Wildman–Crippen LogP) is 4.44. The standard InChI is InChI=1S/C28H30F4N6O2/c1-17(36-8-7-20(29)14-36)18-9-23(28(30,31)32)24-15-37(26(39)38(24)13-18)21-6-4-5-19(10-21)27(11-22(12-27)40-3)25-34-33-16-35(25)2/h4-6,9-10,13,15-17,20,22H,7-8,11-12,14H2,1-3H3/t17?,20-,22?,27?/m0/s1. The van der Waals surface area contributed by atoms with Crippen molar-refractivity contribution in [2.45, 2.75) is 56.1 Å². The zero-order valence-electron chi connectivity index (χ0n) is 22.4. The molecular formula is C28H30F4N6O2. The summed E-state index contributed by atoms with van der Waals surface area (Å²) >= 11 is 0. The predicted molar refractivity (Wildman–Crippen MR) is 139 cm³/mol. The van der Waals surface area contributed by atoms with Crippen LogP contribution in [-0.2, 0) is 23.4 Å². The van der Waals surface area contributed by atoms with Crippen LogP contribution in [0.5, 0.6) is 0 Å².